The zero-order chi connectivity index (χ0) is 16.3. The highest BCUT2D eigenvalue weighted by Gasteiger charge is 2.35. The maximum atomic E-state index is 4.85. The first kappa shape index (κ1) is 17.4. The zero-order valence-corrected chi connectivity index (χ0v) is 14.9. The zero-order valence-electron chi connectivity index (χ0n) is 14.9. The Morgan fingerprint density at radius 3 is 1.14 bits per heavy atom. The van der Waals surface area contributed by atoms with Gasteiger partial charge in [-0.2, -0.15) is 10.2 Å². The quantitative estimate of drug-likeness (QED) is 0.455. The van der Waals surface area contributed by atoms with Crippen molar-refractivity contribution in [3.05, 3.63) is 25.3 Å². The SMILES string of the molecule is C=CC1CC(C)C(N=NC2C(C)CC(C=C)CC2C)C(C)C1. The Hall–Kier alpha value is -0.920. The Kier molecular flexibility index (Phi) is 6.00. The number of azo groups is 1. The maximum Gasteiger partial charge on any atom is 0.0759 e. The number of hydrogen-bond acceptors (Lipinski definition) is 2. The van der Waals surface area contributed by atoms with E-state index in [2.05, 4.69) is 53.0 Å². The van der Waals surface area contributed by atoms with Crippen LogP contribution in [0, 0.1) is 35.5 Å². The highest BCUT2D eigenvalue weighted by atomic mass is 15.2. The summed E-state index contributed by atoms with van der Waals surface area (Å²) in [5.74, 6) is 3.79. The smallest absolute Gasteiger partial charge is 0.0759 e. The number of nitrogens with zero attached hydrogens (tertiary/aromatic N) is 2. The van der Waals surface area contributed by atoms with E-state index in [1.54, 1.807) is 0 Å². The van der Waals surface area contributed by atoms with Crippen LogP contribution >= 0.6 is 0 Å². The molecule has 0 bridgehead atoms. The van der Waals surface area contributed by atoms with Crippen LogP contribution < -0.4 is 0 Å². The van der Waals surface area contributed by atoms with Crippen LogP contribution in [-0.2, 0) is 0 Å². The molecule has 0 saturated heterocycles. The summed E-state index contributed by atoms with van der Waals surface area (Å²) in [6.07, 6.45) is 9.11. The molecule has 2 aliphatic rings. The van der Waals surface area contributed by atoms with E-state index >= 15 is 0 Å². The second kappa shape index (κ2) is 7.57. The summed E-state index contributed by atoms with van der Waals surface area (Å²) in [6.45, 7) is 17.3. The molecule has 124 valence electrons. The summed E-state index contributed by atoms with van der Waals surface area (Å²) < 4.78 is 0. The average Bonchev–Trinajstić information content (AvgIpc) is 2.47. The van der Waals surface area contributed by atoms with E-state index in [4.69, 9.17) is 10.2 Å². The van der Waals surface area contributed by atoms with Crippen LogP contribution in [0.25, 0.3) is 0 Å². The van der Waals surface area contributed by atoms with Crippen LogP contribution in [0.4, 0.5) is 0 Å². The van der Waals surface area contributed by atoms with Gasteiger partial charge >= 0.3 is 0 Å². The van der Waals surface area contributed by atoms with Crippen molar-refractivity contribution in [1.82, 2.24) is 0 Å². The third-order valence-electron chi connectivity index (χ3n) is 6.03. The van der Waals surface area contributed by atoms with E-state index in [1.807, 2.05) is 0 Å². The molecule has 2 heteroatoms. The topological polar surface area (TPSA) is 24.7 Å². The summed E-state index contributed by atoms with van der Waals surface area (Å²) in [5, 5.41) is 9.71. The molecule has 0 amide bonds. The Labute approximate surface area is 137 Å². The second-order valence-corrected chi connectivity index (χ2v) is 8.06. The Balaban J connectivity index is 2.01. The van der Waals surface area contributed by atoms with Crippen molar-refractivity contribution in [2.45, 2.75) is 65.5 Å². The normalized spacial score (nSPS) is 46.5. The summed E-state index contributed by atoms with van der Waals surface area (Å²) >= 11 is 0. The van der Waals surface area contributed by atoms with Gasteiger partial charge in [0.25, 0.3) is 0 Å². The van der Waals surface area contributed by atoms with E-state index in [1.165, 1.54) is 25.7 Å². The molecule has 0 spiro atoms. The molecule has 0 aromatic heterocycles. The molecule has 4 atom stereocenters. The summed E-state index contributed by atoms with van der Waals surface area (Å²) in [4.78, 5) is 0. The van der Waals surface area contributed by atoms with Gasteiger partial charge in [-0.1, -0.05) is 39.8 Å². The molecule has 0 radical (unpaired) electrons. The highest BCUT2D eigenvalue weighted by molar-refractivity contribution is 4.95. The molecule has 0 aromatic carbocycles. The van der Waals surface area contributed by atoms with Crippen molar-refractivity contribution in [3.8, 4) is 0 Å². The summed E-state index contributed by atoms with van der Waals surface area (Å²) in [7, 11) is 0. The molecule has 0 N–H and O–H groups in total. The van der Waals surface area contributed by atoms with Gasteiger partial charge in [0.2, 0.25) is 0 Å². The van der Waals surface area contributed by atoms with Crippen LogP contribution in [0.15, 0.2) is 35.5 Å². The van der Waals surface area contributed by atoms with Crippen molar-refractivity contribution < 1.29 is 0 Å². The maximum absolute atomic E-state index is 4.85. The summed E-state index contributed by atoms with van der Waals surface area (Å²) in [6, 6.07) is 0.792. The molecule has 2 aliphatic carbocycles. The Bertz CT molecular complexity index is 352. The van der Waals surface area contributed by atoms with Crippen LogP contribution in [0.5, 0.6) is 0 Å². The van der Waals surface area contributed by atoms with Gasteiger partial charge in [-0.3, -0.25) is 0 Å². The molecule has 4 unspecified atom stereocenters. The standard InChI is InChI=1S/C20H34N2/c1-7-17-9-13(3)19(14(4)10-17)21-22-20-15(5)11-18(8-2)12-16(20)6/h7-8,13-20H,1-2,9-12H2,3-6H3. The van der Waals surface area contributed by atoms with Gasteiger partial charge in [0.1, 0.15) is 0 Å². The predicted molar refractivity (Wildman–Crippen MR) is 94.9 cm³/mol. The fourth-order valence-corrected chi connectivity index (χ4v) is 4.78. The first-order valence-electron chi connectivity index (χ1n) is 9.11. The van der Waals surface area contributed by atoms with Gasteiger partial charge in [-0.15, -0.1) is 13.2 Å². The molecule has 0 heterocycles. The van der Waals surface area contributed by atoms with Gasteiger partial charge in [-0.05, 0) is 61.2 Å². The molecule has 2 rings (SSSR count). The van der Waals surface area contributed by atoms with E-state index in [0.717, 1.165) is 0 Å². The minimum Gasteiger partial charge on any atom is -0.190 e. The van der Waals surface area contributed by atoms with Crippen molar-refractivity contribution in [2.24, 2.45) is 45.7 Å². The fraction of sp³-hybridized carbons (Fsp3) is 0.800. The van der Waals surface area contributed by atoms with Crippen molar-refractivity contribution in [3.63, 3.8) is 0 Å². The lowest BCUT2D eigenvalue weighted by Gasteiger charge is -2.37. The predicted octanol–water partition coefficient (Wildman–Crippen LogP) is 5.91. The van der Waals surface area contributed by atoms with Crippen LogP contribution in [0.1, 0.15) is 53.4 Å². The van der Waals surface area contributed by atoms with Gasteiger partial charge < -0.3 is 0 Å². The Morgan fingerprint density at radius 2 is 0.909 bits per heavy atom. The minimum absolute atomic E-state index is 0.396. The lowest BCUT2D eigenvalue weighted by Crippen LogP contribution is -2.35. The molecular formula is C20H34N2. The van der Waals surface area contributed by atoms with Gasteiger partial charge in [0, 0.05) is 0 Å². The van der Waals surface area contributed by atoms with Crippen LogP contribution in [0.2, 0.25) is 0 Å². The van der Waals surface area contributed by atoms with E-state index in [0.29, 0.717) is 47.6 Å². The average molecular weight is 303 g/mol. The van der Waals surface area contributed by atoms with E-state index in [-0.39, 0.29) is 0 Å². The van der Waals surface area contributed by atoms with E-state index in [9.17, 15) is 0 Å². The first-order valence-corrected chi connectivity index (χ1v) is 9.11. The monoisotopic (exact) mass is 302 g/mol. The van der Waals surface area contributed by atoms with Crippen molar-refractivity contribution >= 4 is 0 Å². The fourth-order valence-electron chi connectivity index (χ4n) is 4.78. The van der Waals surface area contributed by atoms with Crippen molar-refractivity contribution in [1.29, 1.82) is 0 Å². The molecule has 0 aromatic rings. The molecule has 22 heavy (non-hydrogen) atoms. The van der Waals surface area contributed by atoms with Crippen LogP contribution in [0.3, 0.4) is 0 Å². The highest BCUT2D eigenvalue weighted by Crippen LogP contribution is 2.39. The molecule has 2 nitrogen and oxygen atoms in total. The number of rotatable bonds is 4. The first-order chi connectivity index (χ1) is 10.5. The number of allylic oxidation sites excluding steroid dienone is 2. The second-order valence-electron chi connectivity index (χ2n) is 8.06. The summed E-state index contributed by atoms with van der Waals surface area (Å²) in [5.41, 5.74) is 0. The Morgan fingerprint density at radius 1 is 0.636 bits per heavy atom. The van der Waals surface area contributed by atoms with Crippen LogP contribution in [-0.4, -0.2) is 12.1 Å². The molecular weight excluding hydrogens is 268 g/mol. The van der Waals surface area contributed by atoms with Gasteiger partial charge in [-0.25, -0.2) is 0 Å². The largest absolute Gasteiger partial charge is 0.190 e. The molecule has 2 fully saturated rings. The minimum atomic E-state index is 0.396. The third-order valence-corrected chi connectivity index (χ3v) is 6.03. The van der Waals surface area contributed by atoms with Crippen molar-refractivity contribution in [2.75, 3.05) is 0 Å². The molecule has 2 saturated carbocycles. The third kappa shape index (κ3) is 3.88. The van der Waals surface area contributed by atoms with Gasteiger partial charge in [0.15, 0.2) is 0 Å². The van der Waals surface area contributed by atoms with E-state index < -0.39 is 0 Å². The number of hydrogen-bond donors (Lipinski definition) is 0. The molecule has 0 aliphatic heterocycles. The lowest BCUT2D eigenvalue weighted by atomic mass is 9.73. The van der Waals surface area contributed by atoms with Gasteiger partial charge in [0.05, 0.1) is 12.1 Å². The lowest BCUT2D eigenvalue weighted by molar-refractivity contribution is 0.180.